The fourth-order valence-corrected chi connectivity index (χ4v) is 4.21. The van der Waals surface area contributed by atoms with Gasteiger partial charge in [0, 0.05) is 45.0 Å². The zero-order valence-corrected chi connectivity index (χ0v) is 19.4. The topological polar surface area (TPSA) is 106 Å². The van der Waals surface area contributed by atoms with Gasteiger partial charge in [-0.3, -0.25) is 0 Å². The van der Waals surface area contributed by atoms with Gasteiger partial charge in [-0.05, 0) is 12.5 Å². The van der Waals surface area contributed by atoms with Crippen LogP contribution in [-0.4, -0.2) is 62.9 Å². The lowest BCUT2D eigenvalue weighted by molar-refractivity contribution is 0.0596. The number of imidazole rings is 1. The number of unbranched alkanes of at least 4 members (excludes halogenated alkanes) is 1. The summed E-state index contributed by atoms with van der Waals surface area (Å²) in [6.45, 7) is 2.60. The number of aromatic nitrogens is 2. The fraction of sp³-hybridized carbons (Fsp3) is 0.421. The van der Waals surface area contributed by atoms with Crippen LogP contribution in [0.15, 0.2) is 32.6 Å². The Morgan fingerprint density at radius 3 is 2.67 bits per heavy atom. The molecule has 0 saturated heterocycles. The summed E-state index contributed by atoms with van der Waals surface area (Å²) in [5, 5.41) is 3.23. The molecular formula is C19H27N5O4S2. The minimum absolute atomic E-state index is 0.0245. The molecule has 1 aromatic heterocycles. The Balaban J connectivity index is 2.91. The van der Waals surface area contributed by atoms with Gasteiger partial charge in [0.15, 0.2) is 0 Å². The molecule has 0 spiro atoms. The van der Waals surface area contributed by atoms with E-state index >= 15 is 0 Å². The number of aryl methyl sites for hydroxylation is 1. The molecule has 0 amide bonds. The summed E-state index contributed by atoms with van der Waals surface area (Å²) >= 11 is 4.53. The number of sulfonamides is 1. The SMILES string of the molecule is CCCCNc1c(S)c(C(=O)OC)cc(S(=O)(=O)N=CN(C)C)c1-c1nccn1C. The first-order chi connectivity index (χ1) is 14.1. The van der Waals surface area contributed by atoms with Crippen LogP contribution in [0.1, 0.15) is 30.1 Å². The average molecular weight is 454 g/mol. The Morgan fingerprint density at radius 1 is 1.43 bits per heavy atom. The van der Waals surface area contributed by atoms with Crippen molar-refractivity contribution in [2.24, 2.45) is 11.4 Å². The van der Waals surface area contributed by atoms with Gasteiger partial charge < -0.3 is 19.5 Å². The second kappa shape index (κ2) is 9.98. The van der Waals surface area contributed by atoms with Crippen LogP contribution in [0.3, 0.4) is 0 Å². The standard InChI is InChI=1S/C19H27N5O4S2/c1-6-7-8-20-16-15(18-21-9-10-24(18)4)14(30(26,27)22-12-23(2)3)11-13(17(16)29)19(25)28-5/h9-12,20,29H,6-8H2,1-5H3. The number of methoxy groups -OCH3 is 1. The van der Waals surface area contributed by atoms with Crippen LogP contribution >= 0.6 is 12.6 Å². The Bertz CT molecular complexity index is 1050. The van der Waals surface area contributed by atoms with Gasteiger partial charge in [0.2, 0.25) is 0 Å². The van der Waals surface area contributed by atoms with Crippen LogP contribution in [0, 0.1) is 0 Å². The molecule has 0 aliphatic carbocycles. The van der Waals surface area contributed by atoms with Crippen molar-refractivity contribution < 1.29 is 17.9 Å². The molecule has 164 valence electrons. The molecule has 0 saturated carbocycles. The molecular weight excluding hydrogens is 426 g/mol. The number of carbonyl (C=O) groups is 1. The molecule has 0 aliphatic rings. The third-order valence-electron chi connectivity index (χ3n) is 4.24. The number of benzene rings is 1. The van der Waals surface area contributed by atoms with E-state index in [2.05, 4.69) is 27.3 Å². The quantitative estimate of drug-likeness (QED) is 0.198. The molecule has 11 heteroatoms. The van der Waals surface area contributed by atoms with Crippen molar-refractivity contribution in [2.75, 3.05) is 33.1 Å². The first-order valence-electron chi connectivity index (χ1n) is 9.30. The Hall–Kier alpha value is -2.53. The van der Waals surface area contributed by atoms with Crippen LogP contribution in [0.2, 0.25) is 0 Å². The van der Waals surface area contributed by atoms with Gasteiger partial charge in [0.1, 0.15) is 17.1 Å². The lowest BCUT2D eigenvalue weighted by Crippen LogP contribution is -2.15. The highest BCUT2D eigenvalue weighted by atomic mass is 32.2. The van der Waals surface area contributed by atoms with E-state index < -0.39 is 16.0 Å². The summed E-state index contributed by atoms with van der Waals surface area (Å²) < 4.78 is 36.6. The van der Waals surface area contributed by atoms with Gasteiger partial charge in [-0.2, -0.15) is 8.42 Å². The van der Waals surface area contributed by atoms with Crippen LogP contribution in [-0.2, 0) is 21.8 Å². The third kappa shape index (κ3) is 5.14. The summed E-state index contributed by atoms with van der Waals surface area (Å²) in [7, 11) is 2.13. The van der Waals surface area contributed by atoms with Gasteiger partial charge >= 0.3 is 5.97 Å². The normalized spacial score (nSPS) is 11.7. The summed E-state index contributed by atoms with van der Waals surface area (Å²) in [5.41, 5.74) is 0.714. The predicted molar refractivity (Wildman–Crippen MR) is 120 cm³/mol. The van der Waals surface area contributed by atoms with E-state index in [1.807, 2.05) is 6.92 Å². The molecule has 0 fully saturated rings. The zero-order valence-electron chi connectivity index (χ0n) is 17.7. The lowest BCUT2D eigenvalue weighted by atomic mass is 10.1. The van der Waals surface area contributed by atoms with Crippen molar-refractivity contribution in [2.45, 2.75) is 29.6 Å². The second-order valence-corrected chi connectivity index (χ2v) is 8.86. The largest absolute Gasteiger partial charge is 0.465 e. The van der Waals surface area contributed by atoms with Gasteiger partial charge in [-0.1, -0.05) is 13.3 Å². The third-order valence-corrected chi connectivity index (χ3v) is 5.95. The highest BCUT2D eigenvalue weighted by Gasteiger charge is 2.29. The maximum atomic E-state index is 13.2. The van der Waals surface area contributed by atoms with Crippen molar-refractivity contribution in [3.63, 3.8) is 0 Å². The molecule has 9 nitrogen and oxygen atoms in total. The average Bonchev–Trinajstić information content (AvgIpc) is 3.12. The highest BCUT2D eigenvalue weighted by molar-refractivity contribution is 7.90. The minimum atomic E-state index is -4.17. The minimum Gasteiger partial charge on any atom is -0.465 e. The van der Waals surface area contributed by atoms with Crippen molar-refractivity contribution in [3.8, 4) is 11.4 Å². The molecule has 0 bridgehead atoms. The molecule has 2 rings (SSSR count). The number of nitrogens with one attached hydrogen (secondary N) is 1. The molecule has 1 aromatic carbocycles. The van der Waals surface area contributed by atoms with Gasteiger partial charge in [-0.15, -0.1) is 17.0 Å². The van der Waals surface area contributed by atoms with Crippen molar-refractivity contribution in [1.82, 2.24) is 14.5 Å². The Labute approximate surface area is 182 Å². The maximum Gasteiger partial charge on any atom is 0.339 e. The lowest BCUT2D eigenvalue weighted by Gasteiger charge is -2.19. The van der Waals surface area contributed by atoms with E-state index in [1.165, 1.54) is 24.4 Å². The van der Waals surface area contributed by atoms with Crippen LogP contribution in [0.4, 0.5) is 5.69 Å². The number of ether oxygens (including phenoxy) is 1. The highest BCUT2D eigenvalue weighted by Crippen LogP contribution is 2.41. The van der Waals surface area contributed by atoms with E-state index in [0.29, 0.717) is 23.6 Å². The molecule has 0 atom stereocenters. The number of anilines is 1. The van der Waals surface area contributed by atoms with E-state index in [0.717, 1.165) is 12.8 Å². The molecule has 30 heavy (non-hydrogen) atoms. The second-order valence-electron chi connectivity index (χ2n) is 6.81. The Morgan fingerprint density at radius 2 is 2.13 bits per heavy atom. The number of carbonyl (C=O) groups excluding carboxylic acids is 1. The van der Waals surface area contributed by atoms with Crippen LogP contribution in [0.5, 0.6) is 0 Å². The summed E-state index contributed by atoms with van der Waals surface area (Å²) in [5.74, 6) is -0.294. The smallest absolute Gasteiger partial charge is 0.339 e. The molecule has 2 aromatic rings. The molecule has 1 heterocycles. The predicted octanol–water partition coefficient (Wildman–Crippen LogP) is 2.65. The number of rotatable bonds is 9. The number of esters is 1. The maximum absolute atomic E-state index is 13.2. The number of thiol groups is 1. The zero-order chi connectivity index (χ0) is 22.5. The van der Waals surface area contributed by atoms with Crippen molar-refractivity contribution in [1.29, 1.82) is 0 Å². The van der Waals surface area contributed by atoms with Crippen LogP contribution < -0.4 is 5.32 Å². The number of nitrogens with zero attached hydrogens (tertiary/aromatic N) is 4. The van der Waals surface area contributed by atoms with E-state index in [1.54, 1.807) is 38.1 Å². The van der Waals surface area contributed by atoms with E-state index in [-0.39, 0.29) is 15.4 Å². The van der Waals surface area contributed by atoms with E-state index in [4.69, 9.17) is 4.74 Å². The van der Waals surface area contributed by atoms with Crippen LogP contribution in [0.25, 0.3) is 11.4 Å². The molecule has 0 unspecified atom stereocenters. The first-order valence-corrected chi connectivity index (χ1v) is 11.2. The summed E-state index contributed by atoms with van der Waals surface area (Å²) in [4.78, 5) is 18.3. The summed E-state index contributed by atoms with van der Waals surface area (Å²) in [6, 6.07) is 1.24. The first kappa shape index (κ1) is 23.7. The van der Waals surface area contributed by atoms with E-state index in [9.17, 15) is 13.2 Å². The number of hydrogen-bond acceptors (Lipinski definition) is 7. The number of hydrogen-bond donors (Lipinski definition) is 2. The molecule has 1 N–H and O–H groups in total. The fourth-order valence-electron chi connectivity index (χ4n) is 2.72. The van der Waals surface area contributed by atoms with Gasteiger partial charge in [0.25, 0.3) is 10.0 Å². The van der Waals surface area contributed by atoms with Crippen molar-refractivity contribution >= 4 is 40.6 Å². The van der Waals surface area contributed by atoms with Gasteiger partial charge in [-0.25, -0.2) is 9.78 Å². The van der Waals surface area contributed by atoms with Gasteiger partial charge in [0.05, 0.1) is 23.9 Å². The monoisotopic (exact) mass is 453 g/mol. The Kier molecular flexibility index (Phi) is 7.90. The van der Waals surface area contributed by atoms with Crippen molar-refractivity contribution in [3.05, 3.63) is 24.0 Å². The summed E-state index contributed by atoms with van der Waals surface area (Å²) in [6.07, 6.45) is 6.24. The molecule has 0 radical (unpaired) electrons. The molecule has 0 aliphatic heterocycles.